The summed E-state index contributed by atoms with van der Waals surface area (Å²) < 4.78 is 5.58. The lowest BCUT2D eigenvalue weighted by Crippen LogP contribution is -1.86. The highest BCUT2D eigenvalue weighted by atomic mass is 32.2. The average Bonchev–Trinajstić information content (AvgIpc) is 2.71. The Bertz CT molecular complexity index is 632. The smallest absolute Gasteiger partial charge is 0.263 e. The molecule has 2 heterocycles. The lowest BCUT2D eigenvalue weighted by molar-refractivity contribution is 0.489. The van der Waals surface area contributed by atoms with Gasteiger partial charge in [0.15, 0.2) is 5.58 Å². The summed E-state index contributed by atoms with van der Waals surface area (Å²) in [5.41, 5.74) is 7.99. The molecular formula is C12H9N3OS. The third-order valence-electron chi connectivity index (χ3n) is 2.23. The second kappa shape index (κ2) is 4.10. The molecule has 0 aliphatic rings. The Labute approximate surface area is 102 Å². The predicted octanol–water partition coefficient (Wildman–Crippen LogP) is 2.96. The summed E-state index contributed by atoms with van der Waals surface area (Å²) in [5.74, 6) is 0. The van der Waals surface area contributed by atoms with Gasteiger partial charge in [0.25, 0.3) is 5.22 Å². The second-order valence-corrected chi connectivity index (χ2v) is 4.45. The normalized spacial score (nSPS) is 10.8. The molecule has 0 radical (unpaired) electrons. The molecule has 0 amide bonds. The number of benzene rings is 1. The summed E-state index contributed by atoms with van der Waals surface area (Å²) in [5, 5.41) is 1.35. The summed E-state index contributed by atoms with van der Waals surface area (Å²) in [4.78, 5) is 8.54. The number of nitrogens with two attached hydrogens (primary N) is 1. The van der Waals surface area contributed by atoms with Crippen LogP contribution in [0.5, 0.6) is 0 Å². The molecule has 0 aliphatic heterocycles. The van der Waals surface area contributed by atoms with Crippen LogP contribution in [0.2, 0.25) is 0 Å². The van der Waals surface area contributed by atoms with Crippen molar-refractivity contribution in [3.8, 4) is 0 Å². The molecule has 3 rings (SSSR count). The Morgan fingerprint density at radius 1 is 1.18 bits per heavy atom. The van der Waals surface area contributed by atoms with Crippen LogP contribution in [0.15, 0.2) is 57.3 Å². The standard InChI is InChI=1S/C12H9N3OS/c13-8-5-6-14-11(7-8)17-12-15-9-3-1-2-4-10(9)16-12/h1-7H,(H2,13,14). The number of aromatic nitrogens is 2. The zero-order valence-electron chi connectivity index (χ0n) is 8.83. The Hall–Kier alpha value is -2.01. The van der Waals surface area contributed by atoms with Crippen molar-refractivity contribution in [1.82, 2.24) is 9.97 Å². The van der Waals surface area contributed by atoms with E-state index in [0.717, 1.165) is 16.1 Å². The molecule has 3 aromatic rings. The molecule has 0 spiro atoms. The van der Waals surface area contributed by atoms with Crippen LogP contribution in [0.4, 0.5) is 5.69 Å². The number of rotatable bonds is 2. The van der Waals surface area contributed by atoms with Gasteiger partial charge in [-0.05, 0) is 36.0 Å². The first kappa shape index (κ1) is 10.2. The summed E-state index contributed by atoms with van der Waals surface area (Å²) in [6.07, 6.45) is 1.67. The van der Waals surface area contributed by atoms with Crippen molar-refractivity contribution in [2.45, 2.75) is 10.2 Å². The van der Waals surface area contributed by atoms with Gasteiger partial charge in [0.1, 0.15) is 10.5 Å². The van der Waals surface area contributed by atoms with Gasteiger partial charge in [-0.15, -0.1) is 0 Å². The van der Waals surface area contributed by atoms with Gasteiger partial charge in [-0.2, -0.15) is 0 Å². The van der Waals surface area contributed by atoms with Gasteiger partial charge >= 0.3 is 0 Å². The molecule has 4 nitrogen and oxygen atoms in total. The maximum Gasteiger partial charge on any atom is 0.263 e. The lowest BCUT2D eigenvalue weighted by Gasteiger charge is -1.96. The van der Waals surface area contributed by atoms with Crippen LogP contribution in [-0.2, 0) is 0 Å². The van der Waals surface area contributed by atoms with Gasteiger partial charge in [-0.1, -0.05) is 12.1 Å². The van der Waals surface area contributed by atoms with Crippen LogP contribution < -0.4 is 5.73 Å². The van der Waals surface area contributed by atoms with Crippen molar-refractivity contribution in [2.24, 2.45) is 0 Å². The van der Waals surface area contributed by atoms with Crippen molar-refractivity contribution < 1.29 is 4.42 Å². The van der Waals surface area contributed by atoms with Gasteiger partial charge in [0, 0.05) is 11.9 Å². The zero-order valence-corrected chi connectivity index (χ0v) is 9.65. The minimum atomic E-state index is 0.573. The highest BCUT2D eigenvalue weighted by Gasteiger charge is 2.07. The molecule has 0 bridgehead atoms. The van der Waals surface area contributed by atoms with Crippen LogP contribution in [0.25, 0.3) is 11.1 Å². The fourth-order valence-corrected chi connectivity index (χ4v) is 2.23. The van der Waals surface area contributed by atoms with Gasteiger partial charge in [0.2, 0.25) is 0 Å². The Kier molecular flexibility index (Phi) is 2.45. The number of anilines is 1. The van der Waals surface area contributed by atoms with Crippen molar-refractivity contribution in [3.05, 3.63) is 42.6 Å². The van der Waals surface area contributed by atoms with E-state index < -0.39 is 0 Å². The van der Waals surface area contributed by atoms with Gasteiger partial charge in [-0.25, -0.2) is 9.97 Å². The molecule has 0 saturated carbocycles. The topological polar surface area (TPSA) is 64.9 Å². The minimum Gasteiger partial charge on any atom is -0.431 e. The van der Waals surface area contributed by atoms with E-state index in [1.807, 2.05) is 24.3 Å². The van der Waals surface area contributed by atoms with E-state index in [-0.39, 0.29) is 0 Å². The first-order chi connectivity index (χ1) is 8.31. The SMILES string of the molecule is Nc1ccnc(Sc2nc3ccccc3o2)c1. The highest BCUT2D eigenvalue weighted by Crippen LogP contribution is 2.28. The molecule has 0 aliphatic carbocycles. The van der Waals surface area contributed by atoms with Gasteiger partial charge in [0.05, 0.1) is 0 Å². The fraction of sp³-hybridized carbons (Fsp3) is 0. The minimum absolute atomic E-state index is 0.573. The van der Waals surface area contributed by atoms with Crippen LogP contribution >= 0.6 is 11.8 Å². The van der Waals surface area contributed by atoms with Crippen LogP contribution in [-0.4, -0.2) is 9.97 Å². The fourth-order valence-electron chi connectivity index (χ4n) is 1.46. The van der Waals surface area contributed by atoms with Crippen molar-refractivity contribution >= 4 is 28.5 Å². The van der Waals surface area contributed by atoms with Crippen LogP contribution in [0.3, 0.4) is 0 Å². The molecule has 0 fully saturated rings. The van der Waals surface area contributed by atoms with Crippen LogP contribution in [0, 0.1) is 0 Å². The van der Waals surface area contributed by atoms with E-state index in [2.05, 4.69) is 9.97 Å². The maximum atomic E-state index is 5.68. The van der Waals surface area contributed by atoms with Gasteiger partial charge in [-0.3, -0.25) is 0 Å². The van der Waals surface area contributed by atoms with Gasteiger partial charge < -0.3 is 10.2 Å². The van der Waals surface area contributed by atoms with E-state index in [1.54, 1.807) is 18.3 Å². The largest absolute Gasteiger partial charge is 0.431 e. The third-order valence-corrected chi connectivity index (χ3v) is 3.01. The number of hydrogen-bond acceptors (Lipinski definition) is 5. The Balaban J connectivity index is 1.94. The van der Waals surface area contributed by atoms with Crippen molar-refractivity contribution in [3.63, 3.8) is 0 Å². The summed E-state index contributed by atoms with van der Waals surface area (Å²) in [6.45, 7) is 0. The van der Waals surface area contributed by atoms with E-state index in [9.17, 15) is 0 Å². The first-order valence-corrected chi connectivity index (χ1v) is 5.88. The molecule has 2 N–H and O–H groups in total. The first-order valence-electron chi connectivity index (χ1n) is 5.06. The van der Waals surface area contributed by atoms with Crippen LogP contribution in [0.1, 0.15) is 0 Å². The number of para-hydroxylation sites is 2. The monoisotopic (exact) mass is 243 g/mol. The number of nitrogen functional groups attached to an aromatic ring is 1. The Morgan fingerprint density at radius 3 is 2.88 bits per heavy atom. The molecule has 2 aromatic heterocycles. The summed E-state index contributed by atoms with van der Waals surface area (Å²) >= 11 is 1.36. The molecule has 5 heteroatoms. The molecule has 1 aromatic carbocycles. The predicted molar refractivity (Wildman–Crippen MR) is 66.8 cm³/mol. The number of fused-ring (bicyclic) bond motifs is 1. The highest BCUT2D eigenvalue weighted by molar-refractivity contribution is 7.99. The molecular weight excluding hydrogens is 234 g/mol. The summed E-state index contributed by atoms with van der Waals surface area (Å²) in [7, 11) is 0. The van der Waals surface area contributed by atoms with E-state index in [4.69, 9.17) is 10.2 Å². The Morgan fingerprint density at radius 2 is 2.06 bits per heavy atom. The quantitative estimate of drug-likeness (QED) is 0.749. The molecule has 84 valence electrons. The maximum absolute atomic E-state index is 5.68. The number of hydrogen-bond donors (Lipinski definition) is 1. The van der Waals surface area contributed by atoms with Crippen molar-refractivity contribution in [2.75, 3.05) is 5.73 Å². The number of nitrogens with zero attached hydrogens (tertiary/aromatic N) is 2. The second-order valence-electron chi connectivity index (χ2n) is 3.48. The lowest BCUT2D eigenvalue weighted by atomic mass is 10.3. The number of oxazole rings is 1. The number of pyridine rings is 1. The average molecular weight is 243 g/mol. The third kappa shape index (κ3) is 2.09. The summed E-state index contributed by atoms with van der Waals surface area (Å²) in [6, 6.07) is 11.2. The van der Waals surface area contributed by atoms with E-state index in [1.165, 1.54) is 11.8 Å². The zero-order chi connectivity index (χ0) is 11.7. The molecule has 17 heavy (non-hydrogen) atoms. The molecule has 0 unspecified atom stereocenters. The van der Waals surface area contributed by atoms with Crippen molar-refractivity contribution in [1.29, 1.82) is 0 Å². The molecule has 0 saturated heterocycles. The van der Waals surface area contributed by atoms with E-state index in [0.29, 0.717) is 10.9 Å². The van der Waals surface area contributed by atoms with E-state index >= 15 is 0 Å². The molecule has 0 atom stereocenters.